The second-order valence-electron chi connectivity index (χ2n) is 13.6. The number of carbonyl (C=O) groups excluding carboxylic acids is 4. The molecule has 2 heterocycles. The first-order valence-electron chi connectivity index (χ1n) is 14.8. The molecule has 1 aromatic carbocycles. The molecule has 7 atom stereocenters. The lowest BCUT2D eigenvalue weighted by Gasteiger charge is -2.65. The van der Waals surface area contributed by atoms with Crippen LogP contribution in [0.25, 0.3) is 0 Å². The first kappa shape index (κ1) is 29.4. The van der Waals surface area contributed by atoms with Crippen molar-refractivity contribution in [3.05, 3.63) is 71.2 Å². The highest BCUT2D eigenvalue weighted by Gasteiger charge is 2.74. The number of rotatable bonds is 5. The molecule has 3 aliphatic carbocycles. The topological polar surface area (TPSA) is 129 Å². The molecule has 43 heavy (non-hydrogen) atoms. The summed E-state index contributed by atoms with van der Waals surface area (Å²) in [5, 5.41) is 12.6. The van der Waals surface area contributed by atoms with Crippen LogP contribution in [0.2, 0.25) is 0 Å². The van der Waals surface area contributed by atoms with E-state index in [-0.39, 0.29) is 30.7 Å². The number of Topliss-reactive ketones (excluding diaryl/α,β-unsaturated/α-hetero) is 1. The minimum atomic E-state index is -2.08. The van der Waals surface area contributed by atoms with E-state index >= 15 is 0 Å². The maximum absolute atomic E-state index is 14.6. The Bertz CT molecular complexity index is 1510. The van der Waals surface area contributed by atoms with Crippen molar-refractivity contribution in [3.63, 3.8) is 0 Å². The van der Waals surface area contributed by atoms with Crippen LogP contribution >= 0.6 is 0 Å². The minimum absolute atomic E-state index is 0.0244. The Morgan fingerprint density at radius 2 is 1.79 bits per heavy atom. The Kier molecular flexibility index (Phi) is 6.76. The second kappa shape index (κ2) is 9.91. The summed E-state index contributed by atoms with van der Waals surface area (Å²) in [7, 11) is 1.30. The third-order valence-corrected chi connectivity index (χ3v) is 11.1. The quantitative estimate of drug-likeness (QED) is 0.286. The summed E-state index contributed by atoms with van der Waals surface area (Å²) in [5.74, 6) is -2.98. The van der Waals surface area contributed by atoms with Gasteiger partial charge < -0.3 is 23.7 Å². The van der Waals surface area contributed by atoms with Crippen LogP contribution in [0.4, 0.5) is 0 Å². The zero-order valence-electron chi connectivity index (χ0n) is 25.2. The molecule has 4 aliphatic rings. The summed E-state index contributed by atoms with van der Waals surface area (Å²) in [6.07, 6.45) is 2.30. The zero-order valence-corrected chi connectivity index (χ0v) is 25.2. The van der Waals surface area contributed by atoms with Gasteiger partial charge in [0.25, 0.3) is 0 Å². The molecular weight excluding hydrogens is 552 g/mol. The van der Waals surface area contributed by atoms with E-state index in [0.717, 1.165) is 16.7 Å². The molecule has 1 saturated heterocycles. The van der Waals surface area contributed by atoms with Crippen LogP contribution in [0.5, 0.6) is 0 Å². The Hall–Kier alpha value is -3.72. The largest absolute Gasteiger partial charge is 0.472 e. The number of furan rings is 1. The fourth-order valence-corrected chi connectivity index (χ4v) is 9.05. The number of aliphatic hydroxyl groups is 1. The summed E-state index contributed by atoms with van der Waals surface area (Å²) < 4.78 is 22.4. The second-order valence-corrected chi connectivity index (χ2v) is 13.6. The number of esters is 3. The summed E-state index contributed by atoms with van der Waals surface area (Å²) >= 11 is 0. The average Bonchev–Trinajstić information content (AvgIpc) is 3.52. The third-order valence-electron chi connectivity index (χ3n) is 11.1. The van der Waals surface area contributed by atoms with E-state index in [0.29, 0.717) is 12.8 Å². The fraction of sp³-hybridized carbons (Fsp3) is 0.529. The van der Waals surface area contributed by atoms with E-state index in [1.54, 1.807) is 42.7 Å². The number of benzene rings is 1. The number of ether oxygens (including phenoxy) is 3. The number of carbonyl (C=O) groups is 4. The Balaban J connectivity index is 1.53. The molecule has 0 spiro atoms. The first-order chi connectivity index (χ1) is 20.3. The van der Waals surface area contributed by atoms with Gasteiger partial charge in [-0.3, -0.25) is 14.4 Å². The molecule has 1 N–H and O–H groups in total. The van der Waals surface area contributed by atoms with Crippen molar-refractivity contribution < 1.29 is 42.9 Å². The van der Waals surface area contributed by atoms with E-state index in [4.69, 9.17) is 18.6 Å². The normalized spacial score (nSPS) is 36.2. The van der Waals surface area contributed by atoms with E-state index in [2.05, 4.69) is 6.92 Å². The first-order valence-corrected chi connectivity index (χ1v) is 14.8. The van der Waals surface area contributed by atoms with Gasteiger partial charge in [0.15, 0.2) is 11.4 Å². The van der Waals surface area contributed by atoms with Gasteiger partial charge in [0.05, 0.1) is 31.6 Å². The Morgan fingerprint density at radius 3 is 2.44 bits per heavy atom. The molecular formula is C34H38O9. The van der Waals surface area contributed by atoms with Gasteiger partial charge in [-0.25, -0.2) is 4.79 Å². The summed E-state index contributed by atoms with van der Waals surface area (Å²) in [6, 6.07) is 10.2. The number of cyclic esters (lactones) is 1. The van der Waals surface area contributed by atoms with Crippen molar-refractivity contribution in [1.82, 2.24) is 0 Å². The molecule has 0 amide bonds. The van der Waals surface area contributed by atoms with Crippen molar-refractivity contribution in [1.29, 1.82) is 0 Å². The van der Waals surface area contributed by atoms with Crippen molar-refractivity contribution in [3.8, 4) is 0 Å². The summed E-state index contributed by atoms with van der Waals surface area (Å²) in [4.78, 5) is 54.0. The van der Waals surface area contributed by atoms with E-state index < -0.39 is 63.7 Å². The Labute approximate surface area is 250 Å². The van der Waals surface area contributed by atoms with Gasteiger partial charge in [0.1, 0.15) is 12.2 Å². The number of methoxy groups -OCH3 is 1. The number of ketones is 1. The predicted molar refractivity (Wildman–Crippen MR) is 152 cm³/mol. The molecule has 6 rings (SSSR count). The van der Waals surface area contributed by atoms with Crippen molar-refractivity contribution >= 4 is 23.7 Å². The highest BCUT2D eigenvalue weighted by Crippen LogP contribution is 2.69. The predicted octanol–water partition coefficient (Wildman–Crippen LogP) is 5.14. The minimum Gasteiger partial charge on any atom is -0.472 e. The van der Waals surface area contributed by atoms with E-state index in [1.807, 2.05) is 20.8 Å². The van der Waals surface area contributed by atoms with Crippen LogP contribution < -0.4 is 0 Å². The van der Waals surface area contributed by atoms with Gasteiger partial charge >= 0.3 is 17.9 Å². The van der Waals surface area contributed by atoms with Gasteiger partial charge in [-0.05, 0) is 48.4 Å². The number of fused-ring (bicyclic) bond motifs is 5. The molecule has 0 unspecified atom stereocenters. The van der Waals surface area contributed by atoms with Crippen molar-refractivity contribution in [2.45, 2.75) is 77.6 Å². The Morgan fingerprint density at radius 1 is 1.07 bits per heavy atom. The van der Waals surface area contributed by atoms with Crippen molar-refractivity contribution in [2.24, 2.45) is 28.1 Å². The molecule has 3 fully saturated rings. The lowest BCUT2D eigenvalue weighted by Crippen LogP contribution is -2.75. The number of hydrogen-bond acceptors (Lipinski definition) is 9. The van der Waals surface area contributed by atoms with Gasteiger partial charge in [-0.15, -0.1) is 0 Å². The SMILES string of the molecule is COC(=O)C[C@H]1C(C)(C)[C@H](OC(=O)c2ccccc2)[C@]2(O)CC3=C4CC(=O)O[C@@H](c5ccoc5)[C@]4(C)CC[C@@H]3[C@@]1(C)C2=O. The molecule has 1 aliphatic heterocycles. The smallest absolute Gasteiger partial charge is 0.338 e. The standard InChI is InChI=1S/C34H38O9/c1-31(2)24(16-25(35)40-5)33(4)22-11-13-32(3)23(15-26(36)42-27(32)20-12-14-41-18-20)21(22)17-34(39,29(33)38)30(31)43-28(37)19-9-7-6-8-10-19/h6-10,12,14,18,22,24,27,30,39H,11,13,15-17H2,1-5H3/t22-,24-,27-,30-,32+,33+,34-/m0/s1. The molecule has 9 nitrogen and oxygen atoms in total. The van der Waals surface area contributed by atoms with Gasteiger partial charge in [-0.1, -0.05) is 51.5 Å². The third kappa shape index (κ3) is 4.14. The van der Waals surface area contributed by atoms with Crippen LogP contribution in [0, 0.1) is 28.1 Å². The van der Waals surface area contributed by atoms with Gasteiger partial charge in [0, 0.05) is 34.7 Å². The molecule has 2 saturated carbocycles. The monoisotopic (exact) mass is 590 g/mol. The molecule has 9 heteroatoms. The van der Waals surface area contributed by atoms with E-state index in [1.165, 1.54) is 13.4 Å². The van der Waals surface area contributed by atoms with Crippen molar-refractivity contribution in [2.75, 3.05) is 7.11 Å². The number of hydrogen-bond donors (Lipinski definition) is 1. The van der Waals surface area contributed by atoms with Gasteiger partial charge in [-0.2, -0.15) is 0 Å². The lowest BCUT2D eigenvalue weighted by molar-refractivity contribution is -0.226. The van der Waals surface area contributed by atoms with Crippen LogP contribution in [0.3, 0.4) is 0 Å². The van der Waals surface area contributed by atoms with Crippen LogP contribution in [0.15, 0.2) is 64.5 Å². The molecule has 228 valence electrons. The maximum atomic E-state index is 14.6. The van der Waals surface area contributed by atoms with E-state index in [9.17, 15) is 24.3 Å². The maximum Gasteiger partial charge on any atom is 0.338 e. The fourth-order valence-electron chi connectivity index (χ4n) is 9.05. The molecule has 2 aromatic rings. The molecule has 1 aromatic heterocycles. The zero-order chi connectivity index (χ0) is 30.9. The van der Waals surface area contributed by atoms with Gasteiger partial charge in [0.2, 0.25) is 0 Å². The lowest BCUT2D eigenvalue weighted by atomic mass is 9.39. The van der Waals surface area contributed by atoms with Crippen LogP contribution in [-0.4, -0.2) is 47.6 Å². The highest BCUT2D eigenvalue weighted by molar-refractivity contribution is 5.98. The summed E-state index contributed by atoms with van der Waals surface area (Å²) in [6.45, 7) is 7.57. The highest BCUT2D eigenvalue weighted by atomic mass is 16.6. The van der Waals surface area contributed by atoms with Crippen LogP contribution in [-0.2, 0) is 28.6 Å². The molecule has 2 bridgehead atoms. The summed E-state index contributed by atoms with van der Waals surface area (Å²) in [5.41, 5.74) is -2.21. The average molecular weight is 591 g/mol. The molecule has 0 radical (unpaired) electrons. The van der Waals surface area contributed by atoms with Crippen LogP contribution in [0.1, 0.15) is 81.8 Å².